The standard InChI is InChI=1S/C32H30FN7O3/c1-31(2,3)22(29(41)42)17-11-13-19(14-12-17)32(4)23-25(34)36-27(37-26(23)38-30(32)43)24-20-9-7-15-35-28(20)40(39-24)16-18-8-5-6-10-21(18)33/h5-15,22H,16H2,1-4H3,(H,41,42)(H3,34,36,37,38,43). The molecule has 3 aromatic heterocycles. The lowest BCUT2D eigenvalue weighted by Gasteiger charge is -2.28. The highest BCUT2D eigenvalue weighted by Crippen LogP contribution is 2.46. The van der Waals surface area contributed by atoms with Crippen LogP contribution in [-0.2, 0) is 21.5 Å². The summed E-state index contributed by atoms with van der Waals surface area (Å²) in [6.07, 6.45) is 1.63. The highest BCUT2D eigenvalue weighted by Gasteiger charge is 2.48. The van der Waals surface area contributed by atoms with Crippen LogP contribution in [0.5, 0.6) is 0 Å². The molecule has 2 atom stereocenters. The highest BCUT2D eigenvalue weighted by atomic mass is 19.1. The van der Waals surface area contributed by atoms with Gasteiger partial charge in [-0.3, -0.25) is 9.59 Å². The van der Waals surface area contributed by atoms with Gasteiger partial charge in [-0.1, -0.05) is 63.2 Å². The van der Waals surface area contributed by atoms with E-state index in [1.165, 1.54) is 6.07 Å². The van der Waals surface area contributed by atoms with Crippen molar-refractivity contribution in [2.24, 2.45) is 5.41 Å². The number of carboxylic acids is 1. The molecule has 4 heterocycles. The van der Waals surface area contributed by atoms with Crippen LogP contribution in [0.25, 0.3) is 22.6 Å². The first-order chi connectivity index (χ1) is 20.4. The summed E-state index contributed by atoms with van der Waals surface area (Å²) in [7, 11) is 0. The summed E-state index contributed by atoms with van der Waals surface area (Å²) in [6, 6.07) is 17.0. The molecule has 0 saturated carbocycles. The third-order valence-electron chi connectivity index (χ3n) is 8.05. The molecule has 0 radical (unpaired) electrons. The molecule has 4 N–H and O–H groups in total. The number of aliphatic carboxylic acids is 1. The second-order valence-corrected chi connectivity index (χ2v) is 12.0. The van der Waals surface area contributed by atoms with Crippen LogP contribution in [-0.4, -0.2) is 41.7 Å². The molecule has 2 aromatic carbocycles. The van der Waals surface area contributed by atoms with Gasteiger partial charge < -0.3 is 16.2 Å². The predicted octanol–water partition coefficient (Wildman–Crippen LogP) is 5.13. The van der Waals surface area contributed by atoms with Crippen LogP contribution in [0.3, 0.4) is 0 Å². The van der Waals surface area contributed by atoms with Gasteiger partial charge in [-0.25, -0.2) is 24.0 Å². The fraction of sp³-hybridized carbons (Fsp3) is 0.250. The van der Waals surface area contributed by atoms with Gasteiger partial charge in [-0.2, -0.15) is 5.10 Å². The molecule has 0 saturated heterocycles. The number of fused-ring (bicyclic) bond motifs is 2. The minimum absolute atomic E-state index is 0.101. The highest BCUT2D eigenvalue weighted by molar-refractivity contribution is 6.09. The van der Waals surface area contributed by atoms with Crippen molar-refractivity contribution < 1.29 is 19.1 Å². The zero-order valence-corrected chi connectivity index (χ0v) is 24.1. The lowest BCUT2D eigenvalue weighted by atomic mass is 9.74. The number of pyridine rings is 1. The Hall–Kier alpha value is -5.19. The molecule has 0 spiro atoms. The zero-order valence-electron chi connectivity index (χ0n) is 24.1. The molecule has 218 valence electrons. The first-order valence-electron chi connectivity index (χ1n) is 13.8. The summed E-state index contributed by atoms with van der Waals surface area (Å²) >= 11 is 0. The van der Waals surface area contributed by atoms with E-state index in [1.54, 1.807) is 66.3 Å². The van der Waals surface area contributed by atoms with Crippen LogP contribution in [0, 0.1) is 11.2 Å². The number of hydrogen-bond donors (Lipinski definition) is 3. The minimum atomic E-state index is -1.22. The second kappa shape index (κ2) is 9.97. The largest absolute Gasteiger partial charge is 0.481 e. The number of nitrogen functional groups attached to an aromatic ring is 1. The Morgan fingerprint density at radius 1 is 1.09 bits per heavy atom. The molecule has 0 fully saturated rings. The first-order valence-corrected chi connectivity index (χ1v) is 13.8. The van der Waals surface area contributed by atoms with Crippen LogP contribution in [0.2, 0.25) is 0 Å². The normalized spacial score (nSPS) is 17.1. The van der Waals surface area contributed by atoms with Gasteiger partial charge in [0, 0.05) is 11.8 Å². The van der Waals surface area contributed by atoms with E-state index in [2.05, 4.69) is 25.4 Å². The van der Waals surface area contributed by atoms with Gasteiger partial charge >= 0.3 is 5.97 Å². The van der Waals surface area contributed by atoms with E-state index in [4.69, 9.17) is 5.73 Å². The Kier molecular flexibility index (Phi) is 6.48. The molecule has 6 rings (SSSR count). The number of amides is 1. The molecule has 43 heavy (non-hydrogen) atoms. The maximum Gasteiger partial charge on any atom is 0.311 e. The fourth-order valence-electron chi connectivity index (χ4n) is 5.88. The molecule has 1 aliphatic rings. The van der Waals surface area contributed by atoms with Crippen molar-refractivity contribution in [3.8, 4) is 11.5 Å². The van der Waals surface area contributed by atoms with Crippen molar-refractivity contribution in [1.82, 2.24) is 24.7 Å². The lowest BCUT2D eigenvalue weighted by Crippen LogP contribution is -2.33. The summed E-state index contributed by atoms with van der Waals surface area (Å²) in [4.78, 5) is 39.2. The van der Waals surface area contributed by atoms with E-state index < -0.39 is 22.7 Å². The summed E-state index contributed by atoms with van der Waals surface area (Å²) in [5.74, 6) is -1.78. The van der Waals surface area contributed by atoms with Crippen molar-refractivity contribution in [3.05, 3.63) is 94.9 Å². The van der Waals surface area contributed by atoms with Gasteiger partial charge in [-0.15, -0.1) is 0 Å². The van der Waals surface area contributed by atoms with Gasteiger partial charge in [0.1, 0.15) is 28.6 Å². The van der Waals surface area contributed by atoms with Gasteiger partial charge in [0.15, 0.2) is 11.5 Å². The third kappa shape index (κ3) is 4.57. The number of aromatic nitrogens is 5. The Balaban J connectivity index is 1.41. The number of benzene rings is 2. The molecule has 2 unspecified atom stereocenters. The fourth-order valence-corrected chi connectivity index (χ4v) is 5.88. The summed E-state index contributed by atoms with van der Waals surface area (Å²) < 4.78 is 16.0. The van der Waals surface area contributed by atoms with E-state index in [0.29, 0.717) is 39.0 Å². The topological polar surface area (TPSA) is 149 Å². The predicted molar refractivity (Wildman–Crippen MR) is 160 cm³/mol. The number of anilines is 2. The van der Waals surface area contributed by atoms with E-state index in [1.807, 2.05) is 26.8 Å². The van der Waals surface area contributed by atoms with Crippen LogP contribution < -0.4 is 11.1 Å². The second-order valence-electron chi connectivity index (χ2n) is 12.0. The molecule has 5 aromatic rings. The van der Waals surface area contributed by atoms with Crippen molar-refractivity contribution in [2.45, 2.75) is 45.6 Å². The lowest BCUT2D eigenvalue weighted by molar-refractivity contribution is -0.141. The maximum absolute atomic E-state index is 14.4. The number of rotatable bonds is 6. The van der Waals surface area contributed by atoms with E-state index in [0.717, 1.165) is 0 Å². The van der Waals surface area contributed by atoms with Crippen molar-refractivity contribution in [3.63, 3.8) is 0 Å². The molecule has 1 amide bonds. The Bertz CT molecular complexity index is 1910. The number of nitrogens with one attached hydrogen (secondary N) is 1. The molecule has 0 bridgehead atoms. The molecule has 11 heteroatoms. The SMILES string of the molecule is CC1(c2ccc(C(C(=O)O)C(C)(C)C)cc2)C(=O)Nc2nc(-c3nn(Cc4ccccc4F)c4ncccc34)nc(N)c21. The Morgan fingerprint density at radius 3 is 2.49 bits per heavy atom. The quantitative estimate of drug-likeness (QED) is 0.251. The minimum Gasteiger partial charge on any atom is -0.481 e. The number of nitrogens with two attached hydrogens (primary N) is 1. The monoisotopic (exact) mass is 579 g/mol. The summed E-state index contributed by atoms with van der Waals surface area (Å²) in [5.41, 5.74) is 7.85. The van der Waals surface area contributed by atoms with Crippen LogP contribution >= 0.6 is 0 Å². The van der Waals surface area contributed by atoms with Crippen LogP contribution in [0.1, 0.15) is 55.9 Å². The summed E-state index contributed by atoms with van der Waals surface area (Å²) in [5, 5.41) is 18.0. The van der Waals surface area contributed by atoms with E-state index in [9.17, 15) is 19.1 Å². The zero-order chi connectivity index (χ0) is 30.7. The Morgan fingerprint density at radius 2 is 1.81 bits per heavy atom. The number of carbonyl (C=O) groups excluding carboxylic acids is 1. The summed E-state index contributed by atoms with van der Waals surface area (Å²) in [6.45, 7) is 7.51. The smallest absolute Gasteiger partial charge is 0.311 e. The number of carboxylic acid groups (broad SMARTS) is 1. The first kappa shape index (κ1) is 28.0. The van der Waals surface area contributed by atoms with Crippen molar-refractivity contribution in [1.29, 1.82) is 0 Å². The van der Waals surface area contributed by atoms with Gasteiger partial charge in [0.25, 0.3) is 0 Å². The Labute approximate surface area is 246 Å². The molecular formula is C32H30FN7O3. The average Bonchev–Trinajstić information content (AvgIpc) is 3.44. The van der Waals surface area contributed by atoms with Gasteiger partial charge in [0.2, 0.25) is 5.91 Å². The molecule has 0 aliphatic carbocycles. The number of carbonyl (C=O) groups is 2. The maximum atomic E-state index is 14.4. The van der Waals surface area contributed by atoms with E-state index >= 15 is 0 Å². The van der Waals surface area contributed by atoms with Crippen molar-refractivity contribution in [2.75, 3.05) is 11.1 Å². The van der Waals surface area contributed by atoms with Gasteiger partial charge in [0.05, 0.1) is 23.4 Å². The number of halogens is 1. The number of hydrogen-bond acceptors (Lipinski definition) is 7. The molecule has 10 nitrogen and oxygen atoms in total. The van der Waals surface area contributed by atoms with Crippen molar-refractivity contribution >= 4 is 34.5 Å². The molecular weight excluding hydrogens is 549 g/mol. The van der Waals surface area contributed by atoms with Crippen LogP contribution in [0.4, 0.5) is 16.0 Å². The molecule has 1 aliphatic heterocycles. The number of nitrogens with zero attached hydrogens (tertiary/aromatic N) is 5. The van der Waals surface area contributed by atoms with E-state index in [-0.39, 0.29) is 35.7 Å². The average molecular weight is 580 g/mol. The van der Waals surface area contributed by atoms with Gasteiger partial charge in [-0.05, 0) is 41.7 Å². The third-order valence-corrected chi connectivity index (χ3v) is 8.05. The van der Waals surface area contributed by atoms with Crippen LogP contribution in [0.15, 0.2) is 66.9 Å².